The zero-order valence-corrected chi connectivity index (χ0v) is 7.36. The van der Waals surface area contributed by atoms with Crippen LogP contribution in [0.5, 0.6) is 5.75 Å². The largest absolute Gasteiger partial charge is 0.573 e. The molecule has 0 unspecified atom stereocenters. The van der Waals surface area contributed by atoms with Gasteiger partial charge in [-0.1, -0.05) is 6.92 Å². The van der Waals surface area contributed by atoms with Gasteiger partial charge in [-0.05, 0) is 24.1 Å². The zero-order chi connectivity index (χ0) is 10.8. The number of hydrogen-bond acceptors (Lipinski definition) is 1. The summed E-state index contributed by atoms with van der Waals surface area (Å²) >= 11 is 0. The fourth-order valence-electron chi connectivity index (χ4n) is 1.02. The van der Waals surface area contributed by atoms with E-state index in [0.717, 1.165) is 6.07 Å². The quantitative estimate of drug-likeness (QED) is 0.677. The molecule has 78 valence electrons. The molecule has 0 radical (unpaired) electrons. The molecule has 14 heavy (non-hydrogen) atoms. The Balaban J connectivity index is 2.92. The molecule has 0 aliphatic rings. The first-order chi connectivity index (χ1) is 6.40. The number of halogens is 4. The highest BCUT2D eigenvalue weighted by molar-refractivity contribution is 5.29. The molecule has 0 fully saturated rings. The SMILES string of the molecule is CCc1cc(F)cc(OC(F)(F)F)c1. The van der Waals surface area contributed by atoms with Crippen LogP contribution >= 0.6 is 0 Å². The standard InChI is InChI=1S/C9H8F4O/c1-2-6-3-7(10)5-8(4-6)14-9(11,12)13/h3-5H,2H2,1H3. The van der Waals surface area contributed by atoms with Crippen molar-refractivity contribution in [3.05, 3.63) is 29.6 Å². The van der Waals surface area contributed by atoms with Crippen LogP contribution in [0, 0.1) is 5.82 Å². The number of benzene rings is 1. The van der Waals surface area contributed by atoms with Crippen molar-refractivity contribution in [2.75, 3.05) is 0 Å². The topological polar surface area (TPSA) is 9.23 Å². The molecule has 5 heteroatoms. The number of aryl methyl sites for hydroxylation is 1. The summed E-state index contributed by atoms with van der Waals surface area (Å²) in [4.78, 5) is 0. The van der Waals surface area contributed by atoms with Gasteiger partial charge in [0.15, 0.2) is 0 Å². The van der Waals surface area contributed by atoms with Gasteiger partial charge in [-0.2, -0.15) is 0 Å². The van der Waals surface area contributed by atoms with Gasteiger partial charge in [0.1, 0.15) is 11.6 Å². The number of hydrogen-bond donors (Lipinski definition) is 0. The third-order valence-electron chi connectivity index (χ3n) is 1.57. The molecule has 1 rings (SSSR count). The zero-order valence-electron chi connectivity index (χ0n) is 7.36. The van der Waals surface area contributed by atoms with Gasteiger partial charge in [0.05, 0.1) is 0 Å². The van der Waals surface area contributed by atoms with Gasteiger partial charge in [0.2, 0.25) is 0 Å². The van der Waals surface area contributed by atoms with E-state index in [9.17, 15) is 17.6 Å². The minimum atomic E-state index is -4.78. The monoisotopic (exact) mass is 208 g/mol. The van der Waals surface area contributed by atoms with E-state index in [0.29, 0.717) is 18.1 Å². The van der Waals surface area contributed by atoms with Gasteiger partial charge in [-0.15, -0.1) is 13.2 Å². The Hall–Kier alpha value is -1.26. The molecule has 1 aromatic carbocycles. The van der Waals surface area contributed by atoms with Crippen molar-refractivity contribution in [1.29, 1.82) is 0 Å². The Kier molecular flexibility index (Phi) is 2.98. The number of ether oxygens (including phenoxy) is 1. The van der Waals surface area contributed by atoms with Gasteiger partial charge >= 0.3 is 6.36 Å². The van der Waals surface area contributed by atoms with E-state index in [4.69, 9.17) is 0 Å². The lowest BCUT2D eigenvalue weighted by molar-refractivity contribution is -0.274. The summed E-state index contributed by atoms with van der Waals surface area (Å²) < 4.78 is 51.6. The Morgan fingerprint density at radius 2 is 1.86 bits per heavy atom. The first-order valence-corrected chi connectivity index (χ1v) is 3.96. The number of alkyl halides is 3. The molecule has 0 saturated carbocycles. The summed E-state index contributed by atoms with van der Waals surface area (Å²) in [5.41, 5.74) is 0.462. The van der Waals surface area contributed by atoms with E-state index in [1.165, 1.54) is 6.07 Å². The fraction of sp³-hybridized carbons (Fsp3) is 0.333. The second-order valence-corrected chi connectivity index (χ2v) is 2.70. The first-order valence-electron chi connectivity index (χ1n) is 3.96. The predicted octanol–water partition coefficient (Wildman–Crippen LogP) is 3.29. The van der Waals surface area contributed by atoms with E-state index in [1.807, 2.05) is 0 Å². The van der Waals surface area contributed by atoms with E-state index in [-0.39, 0.29) is 0 Å². The van der Waals surface area contributed by atoms with Crippen molar-refractivity contribution in [2.24, 2.45) is 0 Å². The maximum absolute atomic E-state index is 12.7. The molecule has 0 saturated heterocycles. The van der Waals surface area contributed by atoms with Gasteiger partial charge in [0.25, 0.3) is 0 Å². The highest BCUT2D eigenvalue weighted by atomic mass is 19.4. The van der Waals surface area contributed by atoms with E-state index in [1.54, 1.807) is 6.92 Å². The second kappa shape index (κ2) is 3.86. The highest BCUT2D eigenvalue weighted by Crippen LogP contribution is 2.24. The summed E-state index contributed by atoms with van der Waals surface area (Å²) in [5.74, 6) is -1.25. The van der Waals surface area contributed by atoms with Gasteiger partial charge < -0.3 is 4.74 Å². The van der Waals surface area contributed by atoms with Crippen LogP contribution in [0.25, 0.3) is 0 Å². The van der Waals surface area contributed by atoms with Gasteiger partial charge in [-0.25, -0.2) is 4.39 Å². The summed E-state index contributed by atoms with van der Waals surface area (Å²) in [6.45, 7) is 1.71. The summed E-state index contributed by atoms with van der Waals surface area (Å²) in [6, 6.07) is 3.03. The third-order valence-corrected chi connectivity index (χ3v) is 1.57. The molecule has 0 spiro atoms. The van der Waals surface area contributed by atoms with Crippen molar-refractivity contribution in [2.45, 2.75) is 19.7 Å². The minimum absolute atomic E-state index is 0.450. The third kappa shape index (κ3) is 3.24. The Morgan fingerprint density at radius 3 is 2.36 bits per heavy atom. The van der Waals surface area contributed by atoms with Crippen molar-refractivity contribution >= 4 is 0 Å². The molecule has 0 heterocycles. The van der Waals surface area contributed by atoms with Gasteiger partial charge in [-0.3, -0.25) is 0 Å². The van der Waals surface area contributed by atoms with Crippen LogP contribution in [0.3, 0.4) is 0 Å². The van der Waals surface area contributed by atoms with Crippen LogP contribution < -0.4 is 4.74 Å². The minimum Gasteiger partial charge on any atom is -0.406 e. The molecule has 0 N–H and O–H groups in total. The van der Waals surface area contributed by atoms with E-state index in [2.05, 4.69) is 4.74 Å². The maximum Gasteiger partial charge on any atom is 0.573 e. The molecule has 1 aromatic rings. The second-order valence-electron chi connectivity index (χ2n) is 2.70. The Morgan fingerprint density at radius 1 is 1.21 bits per heavy atom. The molecule has 0 bridgehead atoms. The van der Waals surface area contributed by atoms with Crippen LogP contribution in [-0.2, 0) is 6.42 Å². The van der Waals surface area contributed by atoms with Crippen molar-refractivity contribution in [1.82, 2.24) is 0 Å². The molecular weight excluding hydrogens is 200 g/mol. The fourth-order valence-corrected chi connectivity index (χ4v) is 1.02. The molecular formula is C9H8F4O. The van der Waals surface area contributed by atoms with Crippen LogP contribution in [0.4, 0.5) is 17.6 Å². The first kappa shape index (κ1) is 10.8. The molecule has 1 nitrogen and oxygen atoms in total. The van der Waals surface area contributed by atoms with Crippen molar-refractivity contribution < 1.29 is 22.3 Å². The average Bonchev–Trinajstić information content (AvgIpc) is 1.99. The normalized spacial score (nSPS) is 11.5. The smallest absolute Gasteiger partial charge is 0.406 e. The van der Waals surface area contributed by atoms with Crippen LogP contribution in [0.1, 0.15) is 12.5 Å². The van der Waals surface area contributed by atoms with E-state index < -0.39 is 17.9 Å². The van der Waals surface area contributed by atoms with Crippen LogP contribution in [0.2, 0.25) is 0 Å². The van der Waals surface area contributed by atoms with E-state index >= 15 is 0 Å². The summed E-state index contributed by atoms with van der Waals surface area (Å²) in [7, 11) is 0. The number of rotatable bonds is 2. The lowest BCUT2D eigenvalue weighted by Crippen LogP contribution is -2.17. The lowest BCUT2D eigenvalue weighted by atomic mass is 10.1. The molecule has 0 atom stereocenters. The van der Waals surface area contributed by atoms with Crippen molar-refractivity contribution in [3.8, 4) is 5.75 Å². The average molecular weight is 208 g/mol. The van der Waals surface area contributed by atoms with Crippen molar-refractivity contribution in [3.63, 3.8) is 0 Å². The Labute approximate surface area is 78.3 Å². The lowest BCUT2D eigenvalue weighted by Gasteiger charge is -2.09. The molecule has 0 aliphatic heterocycles. The Bertz CT molecular complexity index is 319. The van der Waals surface area contributed by atoms with Crippen LogP contribution in [0.15, 0.2) is 18.2 Å². The highest BCUT2D eigenvalue weighted by Gasteiger charge is 2.31. The summed E-state index contributed by atoms with van der Waals surface area (Å²) in [6.07, 6.45) is -4.33. The summed E-state index contributed by atoms with van der Waals surface area (Å²) in [5, 5.41) is 0. The van der Waals surface area contributed by atoms with Gasteiger partial charge in [0, 0.05) is 6.07 Å². The predicted molar refractivity (Wildman–Crippen MR) is 42.5 cm³/mol. The molecule has 0 aliphatic carbocycles. The molecule has 0 aromatic heterocycles. The van der Waals surface area contributed by atoms with Crippen LogP contribution in [-0.4, -0.2) is 6.36 Å². The maximum atomic E-state index is 12.7. The molecule has 0 amide bonds.